The smallest absolute Gasteiger partial charge is 0.255 e. The summed E-state index contributed by atoms with van der Waals surface area (Å²) in [6, 6.07) is 0.317. The highest BCUT2D eigenvalue weighted by molar-refractivity contribution is 6.00. The number of fused-ring (bicyclic) bond motifs is 1. The number of carbonyl (C=O) groups is 1. The maximum Gasteiger partial charge on any atom is 0.255 e. The Balaban J connectivity index is 1.79. The molecule has 1 aliphatic carbocycles. The van der Waals surface area contributed by atoms with Gasteiger partial charge in [-0.2, -0.15) is 5.10 Å². The van der Waals surface area contributed by atoms with Crippen LogP contribution in [0.2, 0.25) is 0 Å². The summed E-state index contributed by atoms with van der Waals surface area (Å²) >= 11 is 0. The molecule has 0 atom stereocenters. The molecule has 2 heterocycles. The topological polar surface area (TPSA) is 59.3 Å². The van der Waals surface area contributed by atoms with Gasteiger partial charge in [-0.25, -0.2) is 4.52 Å². The molecule has 0 radical (unpaired) electrons. The Labute approximate surface area is 105 Å². The molecule has 2 aromatic rings. The largest absolute Gasteiger partial charge is 0.349 e. The fourth-order valence-electron chi connectivity index (χ4n) is 2.52. The summed E-state index contributed by atoms with van der Waals surface area (Å²) in [5.74, 6) is -0.0371. The monoisotopic (exact) mass is 244 g/mol. The zero-order chi connectivity index (χ0) is 12.4. The van der Waals surface area contributed by atoms with Crippen LogP contribution >= 0.6 is 0 Å². The van der Waals surface area contributed by atoms with Crippen molar-refractivity contribution in [1.82, 2.24) is 19.9 Å². The van der Waals surface area contributed by atoms with Gasteiger partial charge >= 0.3 is 0 Å². The van der Waals surface area contributed by atoms with Gasteiger partial charge in [-0.1, -0.05) is 19.3 Å². The summed E-state index contributed by atoms with van der Waals surface area (Å²) in [6.07, 6.45) is 12.6. The summed E-state index contributed by atoms with van der Waals surface area (Å²) in [5, 5.41) is 7.24. The Morgan fingerprint density at radius 1 is 1.28 bits per heavy atom. The first-order chi connectivity index (χ1) is 8.84. The molecular formula is C13H16N4O. The first-order valence-electron chi connectivity index (χ1n) is 6.43. The second-order valence-electron chi connectivity index (χ2n) is 4.77. The molecule has 1 fully saturated rings. The third-order valence-electron chi connectivity index (χ3n) is 3.51. The third-order valence-corrected chi connectivity index (χ3v) is 3.51. The fraction of sp³-hybridized carbons (Fsp3) is 0.462. The normalized spacial score (nSPS) is 16.9. The summed E-state index contributed by atoms with van der Waals surface area (Å²) < 4.78 is 1.67. The predicted molar refractivity (Wildman–Crippen MR) is 67.3 cm³/mol. The van der Waals surface area contributed by atoms with Gasteiger partial charge in [0.15, 0.2) is 0 Å². The SMILES string of the molecule is O=C(NC1CCCCC1)c1cnn2ccncc12. The highest BCUT2D eigenvalue weighted by Crippen LogP contribution is 2.18. The van der Waals surface area contributed by atoms with Crippen LogP contribution in [0.3, 0.4) is 0 Å². The van der Waals surface area contributed by atoms with E-state index in [0.717, 1.165) is 18.4 Å². The molecule has 1 amide bonds. The predicted octanol–water partition coefficient (Wildman–Crippen LogP) is 1.79. The van der Waals surface area contributed by atoms with Gasteiger partial charge in [0.2, 0.25) is 0 Å². The summed E-state index contributed by atoms with van der Waals surface area (Å²) in [6.45, 7) is 0. The number of hydrogen-bond donors (Lipinski definition) is 1. The molecule has 0 aromatic carbocycles. The lowest BCUT2D eigenvalue weighted by Gasteiger charge is -2.22. The lowest BCUT2D eigenvalue weighted by Crippen LogP contribution is -2.36. The van der Waals surface area contributed by atoms with Crippen LogP contribution in [0.1, 0.15) is 42.5 Å². The van der Waals surface area contributed by atoms with Crippen LogP contribution < -0.4 is 5.32 Å². The molecule has 1 N–H and O–H groups in total. The number of carbonyl (C=O) groups excluding carboxylic acids is 1. The molecule has 3 rings (SSSR count). The minimum atomic E-state index is -0.0371. The zero-order valence-corrected chi connectivity index (χ0v) is 10.2. The first-order valence-corrected chi connectivity index (χ1v) is 6.43. The van der Waals surface area contributed by atoms with Crippen molar-refractivity contribution >= 4 is 11.4 Å². The highest BCUT2D eigenvalue weighted by Gasteiger charge is 2.18. The van der Waals surface area contributed by atoms with Gasteiger partial charge in [-0.15, -0.1) is 0 Å². The van der Waals surface area contributed by atoms with Crippen LogP contribution in [0.4, 0.5) is 0 Å². The van der Waals surface area contributed by atoms with Crippen LogP contribution in [-0.4, -0.2) is 26.5 Å². The lowest BCUT2D eigenvalue weighted by atomic mass is 9.95. The Bertz CT molecular complexity index is 557. The fourth-order valence-corrected chi connectivity index (χ4v) is 2.52. The molecule has 2 aromatic heterocycles. The summed E-state index contributed by atoms with van der Waals surface area (Å²) in [4.78, 5) is 16.2. The molecule has 0 unspecified atom stereocenters. The molecule has 18 heavy (non-hydrogen) atoms. The van der Waals surface area contributed by atoms with E-state index in [1.807, 2.05) is 0 Å². The van der Waals surface area contributed by atoms with E-state index < -0.39 is 0 Å². The van der Waals surface area contributed by atoms with E-state index in [1.165, 1.54) is 19.3 Å². The van der Waals surface area contributed by atoms with Crippen molar-refractivity contribution in [2.24, 2.45) is 0 Å². The molecule has 1 aliphatic rings. The molecule has 5 nitrogen and oxygen atoms in total. The number of amides is 1. The van der Waals surface area contributed by atoms with Gasteiger partial charge in [0.1, 0.15) is 0 Å². The highest BCUT2D eigenvalue weighted by atomic mass is 16.1. The number of aromatic nitrogens is 3. The summed E-state index contributed by atoms with van der Waals surface area (Å²) in [7, 11) is 0. The molecule has 1 saturated carbocycles. The van der Waals surface area contributed by atoms with Gasteiger partial charge in [0, 0.05) is 18.4 Å². The molecule has 94 valence electrons. The lowest BCUT2D eigenvalue weighted by molar-refractivity contribution is 0.0929. The van der Waals surface area contributed by atoms with Crippen molar-refractivity contribution in [3.8, 4) is 0 Å². The number of nitrogens with one attached hydrogen (secondary N) is 1. The zero-order valence-electron chi connectivity index (χ0n) is 10.2. The molecule has 0 saturated heterocycles. The van der Waals surface area contributed by atoms with Crippen molar-refractivity contribution in [2.45, 2.75) is 38.1 Å². The molecule has 0 aliphatic heterocycles. The molecule has 0 bridgehead atoms. The van der Waals surface area contributed by atoms with E-state index in [2.05, 4.69) is 15.4 Å². The van der Waals surface area contributed by atoms with E-state index in [0.29, 0.717) is 11.6 Å². The number of rotatable bonds is 2. The molecule has 0 spiro atoms. The van der Waals surface area contributed by atoms with Gasteiger partial charge in [0.25, 0.3) is 5.91 Å². The Hall–Kier alpha value is -1.91. The summed E-state index contributed by atoms with van der Waals surface area (Å²) in [5.41, 5.74) is 1.36. The van der Waals surface area contributed by atoms with Crippen LogP contribution in [0.5, 0.6) is 0 Å². The second-order valence-corrected chi connectivity index (χ2v) is 4.77. The third kappa shape index (κ3) is 2.08. The van der Waals surface area contributed by atoms with Crippen LogP contribution in [0, 0.1) is 0 Å². The standard InChI is InChI=1S/C13H16N4O/c18-13(16-10-4-2-1-3-5-10)11-8-15-17-7-6-14-9-12(11)17/h6-10H,1-5H2,(H,16,18). The quantitative estimate of drug-likeness (QED) is 0.876. The average molecular weight is 244 g/mol. The maximum atomic E-state index is 12.2. The van der Waals surface area contributed by atoms with Crippen molar-refractivity contribution in [2.75, 3.05) is 0 Å². The van der Waals surface area contributed by atoms with E-state index in [9.17, 15) is 4.79 Å². The van der Waals surface area contributed by atoms with Crippen LogP contribution in [-0.2, 0) is 0 Å². The maximum absolute atomic E-state index is 12.2. The minimum absolute atomic E-state index is 0.0371. The van der Waals surface area contributed by atoms with Crippen LogP contribution in [0.25, 0.3) is 5.52 Å². The number of hydrogen-bond acceptors (Lipinski definition) is 3. The van der Waals surface area contributed by atoms with Gasteiger partial charge < -0.3 is 5.32 Å². The number of nitrogens with zero attached hydrogens (tertiary/aromatic N) is 3. The molecular weight excluding hydrogens is 228 g/mol. The van der Waals surface area contributed by atoms with E-state index >= 15 is 0 Å². The Morgan fingerprint density at radius 2 is 2.11 bits per heavy atom. The Morgan fingerprint density at radius 3 is 2.94 bits per heavy atom. The first kappa shape index (κ1) is 11.2. The Kier molecular flexibility index (Phi) is 2.96. The second kappa shape index (κ2) is 4.76. The van der Waals surface area contributed by atoms with Crippen molar-refractivity contribution < 1.29 is 4.79 Å². The van der Waals surface area contributed by atoms with Crippen molar-refractivity contribution in [3.63, 3.8) is 0 Å². The van der Waals surface area contributed by atoms with E-state index in [-0.39, 0.29) is 5.91 Å². The van der Waals surface area contributed by atoms with E-state index in [4.69, 9.17) is 0 Å². The molecule has 5 heteroatoms. The van der Waals surface area contributed by atoms with Gasteiger partial charge in [-0.3, -0.25) is 9.78 Å². The van der Waals surface area contributed by atoms with Crippen molar-refractivity contribution in [1.29, 1.82) is 0 Å². The average Bonchev–Trinajstić information content (AvgIpc) is 2.84. The minimum Gasteiger partial charge on any atom is -0.349 e. The van der Waals surface area contributed by atoms with Crippen molar-refractivity contribution in [3.05, 3.63) is 30.4 Å². The van der Waals surface area contributed by atoms with Gasteiger partial charge in [0.05, 0.1) is 23.5 Å². The van der Waals surface area contributed by atoms with Crippen LogP contribution in [0.15, 0.2) is 24.8 Å². The van der Waals surface area contributed by atoms with Gasteiger partial charge in [-0.05, 0) is 12.8 Å². The van der Waals surface area contributed by atoms with E-state index in [1.54, 1.807) is 29.3 Å².